The molecule has 3 unspecified atom stereocenters. The number of carbonyl (C=O) groups is 12. The minimum absolute atomic E-state index is 0.0104. The molecule has 0 aromatic carbocycles. The molecule has 2 bridgehead atoms. The molecule has 1 spiro atoms. The normalized spacial score (nSPS) is 29.8. The van der Waals surface area contributed by atoms with Gasteiger partial charge >= 0.3 is 6.18 Å². The Balaban J connectivity index is 1.50. The second kappa shape index (κ2) is 39.0. The van der Waals surface area contributed by atoms with Crippen LogP contribution in [0.1, 0.15) is 170 Å². The van der Waals surface area contributed by atoms with Gasteiger partial charge < -0.3 is 73.8 Å². The van der Waals surface area contributed by atoms with Crippen molar-refractivity contribution in [1.82, 2.24) is 59.6 Å². The topological polar surface area (TPSA) is 289 Å². The van der Waals surface area contributed by atoms with Crippen LogP contribution in [0.2, 0.25) is 0 Å². The molecule has 5 fully saturated rings. The number of hydrogen-bond donors (Lipinski definition) is 2. The largest absolute Gasteiger partial charge is 0.394 e. The summed E-state index contributed by atoms with van der Waals surface area (Å²) in [6, 6.07) is -11.1. The Labute approximate surface area is 628 Å². The first-order valence-corrected chi connectivity index (χ1v) is 38.4. The minimum Gasteiger partial charge on any atom is -0.381 e. The number of nitrogens with zero attached hydrogens (tertiary/aromatic N) is 10. The summed E-state index contributed by atoms with van der Waals surface area (Å²) in [5.74, 6) is -15.8. The molecule has 2 N–H and O–H groups in total. The predicted molar refractivity (Wildman–Crippen MR) is 386 cm³/mol. The van der Waals surface area contributed by atoms with E-state index in [1.807, 2.05) is 13.8 Å². The maximum atomic E-state index is 15.7. The fourth-order valence-corrected chi connectivity index (χ4v) is 16.4. The summed E-state index contributed by atoms with van der Waals surface area (Å²) in [6.45, 7) is 8.74. The zero-order valence-corrected chi connectivity index (χ0v) is 65.9. The molecule has 0 aromatic rings. The molecule has 2 saturated heterocycles. The number of ether oxygens (including phenoxy) is 3. The molecule has 27 nitrogen and oxygen atoms in total. The Kier molecular flexibility index (Phi) is 32.4. The smallest absolute Gasteiger partial charge is 0.381 e. The third-order valence-corrected chi connectivity index (χ3v) is 23.8. The van der Waals surface area contributed by atoms with E-state index in [0.29, 0.717) is 25.7 Å². The molecule has 3 heterocycles. The van der Waals surface area contributed by atoms with Gasteiger partial charge in [-0.15, -0.1) is 0 Å². The number of likely N-dealkylation sites (N-methyl/N-ethyl adjacent to an activating group) is 8. The fraction of sp³-hybridized carbons (Fsp3) is 0.813. The van der Waals surface area contributed by atoms with E-state index in [1.165, 1.54) is 95.0 Å². The van der Waals surface area contributed by atoms with Crippen LogP contribution >= 0.6 is 0 Å². The maximum absolute atomic E-state index is 15.7. The molecule has 606 valence electrons. The molecule has 6 rings (SSSR count). The summed E-state index contributed by atoms with van der Waals surface area (Å²) in [7, 11) is 13.6. The van der Waals surface area contributed by atoms with Crippen LogP contribution in [0.25, 0.3) is 0 Å². The molecule has 13 atom stereocenters. The highest BCUT2D eigenvalue weighted by atomic mass is 19.4. The average molecular weight is 1530 g/mol. The van der Waals surface area contributed by atoms with E-state index >= 15 is 28.8 Å². The molecule has 12 amide bonds. The number of halogens is 5. The highest BCUT2D eigenvalue weighted by Crippen LogP contribution is 2.45. The summed E-state index contributed by atoms with van der Waals surface area (Å²) >= 11 is 0. The summed E-state index contributed by atoms with van der Waals surface area (Å²) in [4.78, 5) is 194. The van der Waals surface area contributed by atoms with E-state index in [1.54, 1.807) is 39.8 Å². The molecular formula is C75H121F5N12O15. The number of alkyl halides is 5. The monoisotopic (exact) mass is 1520 g/mol. The summed E-state index contributed by atoms with van der Waals surface area (Å²) < 4.78 is 89.9. The number of nitrogens with one attached hydrogen (secondary N) is 2. The minimum atomic E-state index is -4.56. The van der Waals surface area contributed by atoms with Crippen LogP contribution in [0.3, 0.4) is 0 Å². The number of carbonyl (C=O) groups excluding carboxylic acids is 12. The Hall–Kier alpha value is -7.09. The lowest BCUT2D eigenvalue weighted by Gasteiger charge is -2.51. The van der Waals surface area contributed by atoms with Gasteiger partial charge in [-0.1, -0.05) is 59.1 Å². The maximum Gasteiger partial charge on any atom is 0.394 e. The van der Waals surface area contributed by atoms with Crippen molar-refractivity contribution in [3.8, 4) is 0 Å². The van der Waals surface area contributed by atoms with Crippen molar-refractivity contribution in [3.63, 3.8) is 0 Å². The molecule has 3 aliphatic heterocycles. The van der Waals surface area contributed by atoms with Gasteiger partial charge in [-0.2, -0.15) is 13.2 Å². The van der Waals surface area contributed by atoms with Crippen LogP contribution in [0.5, 0.6) is 0 Å². The zero-order valence-electron chi connectivity index (χ0n) is 65.9. The van der Waals surface area contributed by atoms with E-state index < -0.39 is 211 Å². The number of amides is 12. The Bertz CT molecular complexity index is 3150. The number of methoxy groups -OCH3 is 1. The quantitative estimate of drug-likeness (QED) is 0.141. The van der Waals surface area contributed by atoms with Crippen molar-refractivity contribution in [1.29, 1.82) is 0 Å². The average Bonchev–Trinajstić information content (AvgIpc) is 1.68. The van der Waals surface area contributed by atoms with Crippen LogP contribution in [0.4, 0.5) is 22.0 Å². The van der Waals surface area contributed by atoms with Crippen LogP contribution in [-0.2, 0) is 71.7 Å². The highest BCUT2D eigenvalue weighted by Gasteiger charge is 2.57. The van der Waals surface area contributed by atoms with Crippen LogP contribution in [0.15, 0.2) is 12.2 Å². The third-order valence-electron chi connectivity index (χ3n) is 23.8. The first-order chi connectivity index (χ1) is 50.3. The van der Waals surface area contributed by atoms with Crippen molar-refractivity contribution in [2.24, 2.45) is 29.6 Å². The van der Waals surface area contributed by atoms with E-state index in [-0.39, 0.29) is 116 Å². The Morgan fingerprint density at radius 1 is 0.664 bits per heavy atom. The highest BCUT2D eigenvalue weighted by molar-refractivity contribution is 6.01. The van der Waals surface area contributed by atoms with Crippen molar-refractivity contribution >= 4 is 70.9 Å². The SMILES string of the molecule is CCOC[C@H]1C(=O)N[C@@H]([C@@H](C)CC)C(=O)N(C)CC(=O)N(C)[C@H]2C/C=C\CCN(C2=O)[C@@H](CC2CCC(F)(F)CC2)C(=O)N(C)CC(=O)N[C@@H](CCC2CCC(C(F)(F)F)C(OC)C2)C(=O)N2C[C@H](OCC)C[C@H]2C(=O)N(C)C2(CCC2)C(=O)N(C)[C@@H](C(CC)CC)C(=O)N(C)[C@H](C(=O)N(C)C)CC(=O)N1C. The molecule has 0 radical (unpaired) electrons. The van der Waals surface area contributed by atoms with E-state index in [0.717, 1.165) is 24.5 Å². The van der Waals surface area contributed by atoms with Crippen LogP contribution in [-0.4, -0.2) is 315 Å². The van der Waals surface area contributed by atoms with Gasteiger partial charge in [0.2, 0.25) is 76.8 Å². The third kappa shape index (κ3) is 21.5. The fourth-order valence-electron chi connectivity index (χ4n) is 16.4. The lowest BCUT2D eigenvalue weighted by atomic mass is 9.73. The van der Waals surface area contributed by atoms with Crippen LogP contribution < -0.4 is 10.6 Å². The predicted octanol–water partition coefficient (Wildman–Crippen LogP) is 5.12. The van der Waals surface area contributed by atoms with Crippen LogP contribution in [0, 0.1) is 29.6 Å². The van der Waals surface area contributed by atoms with E-state index in [4.69, 9.17) is 14.2 Å². The van der Waals surface area contributed by atoms with Gasteiger partial charge in [0, 0.05) is 116 Å². The van der Waals surface area contributed by atoms with E-state index in [2.05, 4.69) is 10.6 Å². The van der Waals surface area contributed by atoms with Gasteiger partial charge in [0.1, 0.15) is 53.9 Å². The van der Waals surface area contributed by atoms with Crippen molar-refractivity contribution in [2.75, 3.05) is 117 Å². The lowest BCUT2D eigenvalue weighted by molar-refractivity contribution is -0.215. The number of fused-ring (bicyclic) bond motifs is 3. The summed E-state index contributed by atoms with van der Waals surface area (Å²) in [6.07, 6.45) is -3.34. The van der Waals surface area contributed by atoms with E-state index in [9.17, 15) is 50.7 Å². The first-order valence-electron chi connectivity index (χ1n) is 38.4. The van der Waals surface area contributed by atoms with Gasteiger partial charge in [0.05, 0.1) is 44.2 Å². The lowest BCUT2D eigenvalue weighted by Crippen LogP contribution is -2.68. The Morgan fingerprint density at radius 2 is 1.31 bits per heavy atom. The molecule has 3 saturated carbocycles. The van der Waals surface area contributed by atoms with Gasteiger partial charge in [-0.3, -0.25) is 57.5 Å². The molecule has 3 aliphatic carbocycles. The van der Waals surface area contributed by atoms with Gasteiger partial charge in [-0.25, -0.2) is 8.78 Å². The standard InChI is InChI=1S/C75H121F5N12O15/c1-17-46(6)62-70(102)85(10)44-61(95)86(11)53-26-23-22-24-37-91(69(53)101)55(38-48-31-35-74(76,77)36-32-48)67(99)84(9)43-59(93)81-52(30-28-47-27-29-51(75(78,79)80)58(39-47)105-16)65(97)92-42-50(107-21-5)40-56(92)68(100)90(15)73(33-25-34-73)72(104)89(14)63(49(18-2)19-3)71(103)88(13)54(66(98)83(7)8)41-60(94)87(12)57(45-106-20-4)64(96)82-62/h22-23,46-58,62-63H,17-21,24-45H2,1-16H3,(H,81,93)(H,82,96)/b23-22-/t46-,47?,50+,51?,52-,53-,54-,55-,56-,57-,58?,62-,63-/m0/s1. The summed E-state index contributed by atoms with van der Waals surface area (Å²) in [5.41, 5.74) is -1.61. The molecular weight excluding hydrogens is 1400 g/mol. The number of hydrogen-bond acceptors (Lipinski definition) is 15. The number of rotatable bonds is 17. The van der Waals surface area contributed by atoms with Gasteiger partial charge in [0.15, 0.2) is 0 Å². The molecule has 107 heavy (non-hydrogen) atoms. The second-order valence-electron chi connectivity index (χ2n) is 30.8. The molecule has 0 aromatic heterocycles. The van der Waals surface area contributed by atoms with Crippen molar-refractivity contribution in [2.45, 2.75) is 248 Å². The zero-order chi connectivity index (χ0) is 79.9. The van der Waals surface area contributed by atoms with Gasteiger partial charge in [0.25, 0.3) is 0 Å². The Morgan fingerprint density at radius 3 is 1.88 bits per heavy atom. The summed E-state index contributed by atoms with van der Waals surface area (Å²) in [5, 5.41) is 5.61. The first kappa shape index (κ1) is 88.8. The second-order valence-corrected chi connectivity index (χ2v) is 30.8. The molecule has 6 aliphatic rings. The van der Waals surface area contributed by atoms with Crippen molar-refractivity contribution < 1.29 is 93.7 Å². The van der Waals surface area contributed by atoms with Gasteiger partial charge in [-0.05, 0) is 121 Å². The van der Waals surface area contributed by atoms with Crippen molar-refractivity contribution in [3.05, 3.63) is 12.2 Å². The molecule has 32 heteroatoms.